The molecule has 2 aliphatic rings. The maximum Gasteiger partial charge on any atom is 0.0347 e. The second-order valence-electron chi connectivity index (χ2n) is 7.54. The first kappa shape index (κ1) is 16.3. The summed E-state index contributed by atoms with van der Waals surface area (Å²) < 4.78 is 0. The fourth-order valence-corrected chi connectivity index (χ4v) is 3.52. The highest BCUT2D eigenvalue weighted by Gasteiger charge is 2.31. The molecular formula is C17H35N3. The molecule has 0 amide bonds. The van der Waals surface area contributed by atoms with Gasteiger partial charge in [-0.1, -0.05) is 0 Å². The molecular weight excluding hydrogens is 246 g/mol. The summed E-state index contributed by atoms with van der Waals surface area (Å²) in [7, 11) is 2.32. The van der Waals surface area contributed by atoms with Gasteiger partial charge in [0.2, 0.25) is 0 Å². The largest absolute Gasteiger partial charge is 0.301 e. The normalized spacial score (nSPS) is 24.0. The van der Waals surface area contributed by atoms with Gasteiger partial charge in [0.25, 0.3) is 0 Å². The summed E-state index contributed by atoms with van der Waals surface area (Å²) in [6, 6.07) is 2.27. The Hall–Kier alpha value is -0.120. The van der Waals surface area contributed by atoms with Crippen molar-refractivity contribution in [3.63, 3.8) is 0 Å². The van der Waals surface area contributed by atoms with Gasteiger partial charge in [0.1, 0.15) is 0 Å². The van der Waals surface area contributed by atoms with Crippen LogP contribution in [0.4, 0.5) is 0 Å². The molecule has 0 saturated carbocycles. The molecule has 0 N–H and O–H groups in total. The number of likely N-dealkylation sites (N-methyl/N-ethyl adjacent to an activating group) is 1. The molecule has 3 nitrogen and oxygen atoms in total. The second-order valence-corrected chi connectivity index (χ2v) is 7.54. The average Bonchev–Trinajstić information content (AvgIpc) is 2.34. The molecule has 0 spiro atoms. The van der Waals surface area contributed by atoms with E-state index in [2.05, 4.69) is 49.4 Å². The zero-order chi connectivity index (χ0) is 14.7. The van der Waals surface area contributed by atoms with Crippen LogP contribution in [0, 0.1) is 5.92 Å². The smallest absolute Gasteiger partial charge is 0.0347 e. The van der Waals surface area contributed by atoms with Crippen LogP contribution in [0.25, 0.3) is 0 Å². The van der Waals surface area contributed by atoms with Gasteiger partial charge in [-0.25, -0.2) is 0 Å². The van der Waals surface area contributed by atoms with Gasteiger partial charge in [-0.05, 0) is 79.6 Å². The Morgan fingerprint density at radius 1 is 0.950 bits per heavy atom. The van der Waals surface area contributed by atoms with Crippen molar-refractivity contribution >= 4 is 0 Å². The minimum absolute atomic E-state index is 0.722. The summed E-state index contributed by atoms with van der Waals surface area (Å²) in [5.41, 5.74) is 0. The number of hydrogen-bond donors (Lipinski definition) is 0. The van der Waals surface area contributed by atoms with E-state index in [1.807, 2.05) is 0 Å². The van der Waals surface area contributed by atoms with E-state index in [9.17, 15) is 0 Å². The lowest BCUT2D eigenvalue weighted by molar-refractivity contribution is 0.0228. The highest BCUT2D eigenvalue weighted by Crippen LogP contribution is 2.23. The fourth-order valence-electron chi connectivity index (χ4n) is 3.52. The Morgan fingerprint density at radius 2 is 1.50 bits per heavy atom. The van der Waals surface area contributed by atoms with Crippen molar-refractivity contribution < 1.29 is 0 Å². The molecule has 118 valence electrons. The molecule has 2 rings (SSSR count). The molecule has 0 unspecified atom stereocenters. The molecule has 0 atom stereocenters. The quantitative estimate of drug-likeness (QED) is 0.741. The molecule has 2 heterocycles. The van der Waals surface area contributed by atoms with Gasteiger partial charge in [0.15, 0.2) is 0 Å². The summed E-state index contributed by atoms with van der Waals surface area (Å²) in [5.74, 6) is 0.966. The van der Waals surface area contributed by atoms with Gasteiger partial charge in [-0.2, -0.15) is 0 Å². The van der Waals surface area contributed by atoms with Crippen LogP contribution < -0.4 is 0 Å². The van der Waals surface area contributed by atoms with Gasteiger partial charge >= 0.3 is 0 Å². The van der Waals surface area contributed by atoms with Crippen molar-refractivity contribution in [3.05, 3.63) is 0 Å². The third-order valence-electron chi connectivity index (χ3n) is 5.51. The van der Waals surface area contributed by atoms with E-state index < -0.39 is 0 Å². The molecule has 0 aromatic carbocycles. The average molecular weight is 281 g/mol. The van der Waals surface area contributed by atoms with Gasteiger partial charge < -0.3 is 9.80 Å². The zero-order valence-electron chi connectivity index (χ0n) is 14.3. The highest BCUT2D eigenvalue weighted by molar-refractivity contribution is 4.88. The highest BCUT2D eigenvalue weighted by atomic mass is 15.3. The summed E-state index contributed by atoms with van der Waals surface area (Å²) >= 11 is 0. The Kier molecular flexibility index (Phi) is 5.88. The first-order valence-corrected chi connectivity index (χ1v) is 8.65. The first-order chi connectivity index (χ1) is 9.47. The van der Waals surface area contributed by atoms with Crippen LogP contribution >= 0.6 is 0 Å². The Bertz CT molecular complexity index is 274. The third kappa shape index (κ3) is 4.19. The Morgan fingerprint density at radius 3 is 2.00 bits per heavy atom. The molecule has 0 aliphatic carbocycles. The summed E-state index contributed by atoms with van der Waals surface area (Å²) in [6.45, 7) is 15.7. The third-order valence-corrected chi connectivity index (χ3v) is 5.51. The molecule has 2 saturated heterocycles. The molecule has 0 radical (unpaired) electrons. The molecule has 2 fully saturated rings. The van der Waals surface area contributed by atoms with E-state index in [1.54, 1.807) is 0 Å². The lowest BCUT2D eigenvalue weighted by atomic mass is 9.92. The molecule has 20 heavy (non-hydrogen) atoms. The van der Waals surface area contributed by atoms with Crippen LogP contribution in [0.3, 0.4) is 0 Å². The number of likely N-dealkylation sites (tertiary alicyclic amines) is 2. The summed E-state index contributed by atoms with van der Waals surface area (Å²) in [4.78, 5) is 7.81. The van der Waals surface area contributed by atoms with E-state index in [1.165, 1.54) is 52.0 Å². The van der Waals surface area contributed by atoms with E-state index in [-0.39, 0.29) is 0 Å². The summed E-state index contributed by atoms with van der Waals surface area (Å²) in [5, 5.41) is 0. The minimum atomic E-state index is 0.722. The molecule has 3 heteroatoms. The van der Waals surface area contributed by atoms with Crippen LogP contribution in [-0.2, 0) is 0 Å². The summed E-state index contributed by atoms with van der Waals surface area (Å²) in [6.07, 6.45) is 4.23. The molecule has 0 bridgehead atoms. The predicted molar refractivity (Wildman–Crippen MR) is 87.2 cm³/mol. The van der Waals surface area contributed by atoms with E-state index in [0.29, 0.717) is 0 Å². The number of hydrogen-bond acceptors (Lipinski definition) is 3. The minimum Gasteiger partial charge on any atom is -0.301 e. The van der Waals surface area contributed by atoms with Crippen molar-refractivity contribution in [2.75, 3.05) is 39.8 Å². The first-order valence-electron chi connectivity index (χ1n) is 8.65. The van der Waals surface area contributed by atoms with Crippen LogP contribution in [0.1, 0.15) is 47.0 Å². The topological polar surface area (TPSA) is 9.72 Å². The Labute approximate surface area is 126 Å². The van der Waals surface area contributed by atoms with E-state index in [4.69, 9.17) is 0 Å². The van der Waals surface area contributed by atoms with Crippen molar-refractivity contribution in [1.82, 2.24) is 14.7 Å². The second kappa shape index (κ2) is 7.24. The Balaban J connectivity index is 1.60. The van der Waals surface area contributed by atoms with Crippen molar-refractivity contribution in [2.45, 2.75) is 65.1 Å². The van der Waals surface area contributed by atoms with Crippen molar-refractivity contribution in [1.29, 1.82) is 0 Å². The molecule has 0 aromatic heterocycles. The van der Waals surface area contributed by atoms with Crippen LogP contribution in [0.15, 0.2) is 0 Å². The standard InChI is InChI=1S/C17H35N3/c1-14(2)19-10-7-16(8-11-19)6-9-18(5)17-12-20(13-17)15(3)4/h14-17H,6-13H2,1-5H3. The maximum atomic E-state index is 2.63. The molecule has 0 aromatic rings. The van der Waals surface area contributed by atoms with Crippen molar-refractivity contribution in [3.8, 4) is 0 Å². The van der Waals surface area contributed by atoms with Gasteiger partial charge in [-0.3, -0.25) is 4.90 Å². The van der Waals surface area contributed by atoms with Gasteiger partial charge in [-0.15, -0.1) is 0 Å². The molecule has 2 aliphatic heterocycles. The number of rotatable bonds is 6. The van der Waals surface area contributed by atoms with E-state index >= 15 is 0 Å². The van der Waals surface area contributed by atoms with Crippen molar-refractivity contribution in [2.24, 2.45) is 5.92 Å². The lowest BCUT2D eigenvalue weighted by Gasteiger charge is -2.46. The van der Waals surface area contributed by atoms with Gasteiger partial charge in [0, 0.05) is 31.2 Å². The predicted octanol–water partition coefficient (Wildman–Crippen LogP) is 2.52. The number of nitrogens with zero attached hydrogens (tertiary/aromatic N) is 3. The monoisotopic (exact) mass is 281 g/mol. The maximum absolute atomic E-state index is 2.63. The number of piperidine rings is 1. The van der Waals surface area contributed by atoms with Crippen LogP contribution in [0.5, 0.6) is 0 Å². The lowest BCUT2D eigenvalue weighted by Crippen LogP contribution is -2.60. The van der Waals surface area contributed by atoms with E-state index in [0.717, 1.165) is 24.0 Å². The SMILES string of the molecule is CC(C)N1CCC(CCN(C)C2CN(C(C)C)C2)CC1. The fraction of sp³-hybridized carbons (Fsp3) is 1.00. The van der Waals surface area contributed by atoms with Crippen LogP contribution in [0.2, 0.25) is 0 Å². The van der Waals surface area contributed by atoms with Crippen LogP contribution in [-0.4, -0.2) is 72.6 Å². The zero-order valence-corrected chi connectivity index (χ0v) is 14.3. The van der Waals surface area contributed by atoms with Gasteiger partial charge in [0.05, 0.1) is 0 Å².